The molecule has 0 bridgehead atoms. The second-order valence-electron chi connectivity index (χ2n) is 7.41. The SMILES string of the molecule is CC(=O)N1CCN(c2ccc(NCc3ccc(OCc4cccs4)cc3)cc2)CC1. The van der Waals surface area contributed by atoms with E-state index >= 15 is 0 Å². The average Bonchev–Trinajstić information content (AvgIpc) is 3.31. The zero-order chi connectivity index (χ0) is 20.8. The molecule has 1 amide bonds. The number of amides is 1. The van der Waals surface area contributed by atoms with Crippen molar-refractivity contribution in [2.75, 3.05) is 36.4 Å². The summed E-state index contributed by atoms with van der Waals surface area (Å²) < 4.78 is 5.82. The van der Waals surface area contributed by atoms with Crippen LogP contribution in [-0.4, -0.2) is 37.0 Å². The normalized spacial score (nSPS) is 13.9. The molecule has 0 unspecified atom stereocenters. The molecule has 1 saturated heterocycles. The molecular formula is C24H27N3O2S. The van der Waals surface area contributed by atoms with Crippen LogP contribution in [0.25, 0.3) is 0 Å². The van der Waals surface area contributed by atoms with Crippen LogP contribution in [0.1, 0.15) is 17.4 Å². The fraction of sp³-hybridized carbons (Fsp3) is 0.292. The van der Waals surface area contributed by atoms with Crippen molar-refractivity contribution in [2.45, 2.75) is 20.1 Å². The maximum atomic E-state index is 11.5. The lowest BCUT2D eigenvalue weighted by Gasteiger charge is -2.35. The standard InChI is InChI=1S/C24H27N3O2S/c1-19(28)26-12-14-27(15-13-26)22-8-6-21(7-9-22)25-17-20-4-10-23(11-5-20)29-18-24-3-2-16-30-24/h2-11,16,25H,12-15,17-18H2,1H3. The molecule has 2 aromatic carbocycles. The second kappa shape index (κ2) is 9.67. The first-order valence-corrected chi connectivity index (χ1v) is 11.1. The predicted octanol–water partition coefficient (Wildman–Crippen LogP) is 4.61. The van der Waals surface area contributed by atoms with Gasteiger partial charge in [0, 0.05) is 55.9 Å². The number of thiophene rings is 1. The molecule has 30 heavy (non-hydrogen) atoms. The van der Waals surface area contributed by atoms with Crippen molar-refractivity contribution in [3.05, 3.63) is 76.5 Å². The van der Waals surface area contributed by atoms with E-state index in [1.165, 1.54) is 16.1 Å². The minimum absolute atomic E-state index is 0.163. The number of ether oxygens (including phenoxy) is 1. The van der Waals surface area contributed by atoms with Gasteiger partial charge in [-0.05, 0) is 53.4 Å². The number of benzene rings is 2. The molecule has 3 aromatic rings. The molecule has 0 radical (unpaired) electrons. The monoisotopic (exact) mass is 421 g/mol. The topological polar surface area (TPSA) is 44.8 Å². The lowest BCUT2D eigenvalue weighted by Crippen LogP contribution is -2.48. The second-order valence-corrected chi connectivity index (χ2v) is 8.44. The van der Waals surface area contributed by atoms with Crippen LogP contribution in [0.4, 0.5) is 11.4 Å². The summed E-state index contributed by atoms with van der Waals surface area (Å²) in [6.45, 7) is 6.38. The largest absolute Gasteiger partial charge is 0.488 e. The van der Waals surface area contributed by atoms with E-state index in [1.54, 1.807) is 18.3 Å². The van der Waals surface area contributed by atoms with Crippen LogP contribution in [0.15, 0.2) is 66.0 Å². The Kier molecular flexibility index (Phi) is 6.54. The van der Waals surface area contributed by atoms with Crippen molar-refractivity contribution in [3.63, 3.8) is 0 Å². The number of rotatable bonds is 7. The number of anilines is 2. The molecule has 1 aliphatic rings. The van der Waals surface area contributed by atoms with Crippen LogP contribution >= 0.6 is 11.3 Å². The smallest absolute Gasteiger partial charge is 0.219 e. The number of piperazine rings is 1. The van der Waals surface area contributed by atoms with E-state index in [4.69, 9.17) is 4.74 Å². The van der Waals surface area contributed by atoms with Gasteiger partial charge in [0.2, 0.25) is 5.91 Å². The Morgan fingerprint density at radius 1 is 1.00 bits per heavy atom. The molecule has 5 nitrogen and oxygen atoms in total. The highest BCUT2D eigenvalue weighted by Crippen LogP contribution is 2.21. The summed E-state index contributed by atoms with van der Waals surface area (Å²) in [5.74, 6) is 1.05. The minimum atomic E-state index is 0.163. The zero-order valence-electron chi connectivity index (χ0n) is 17.2. The third-order valence-corrected chi connectivity index (χ3v) is 6.19. The summed E-state index contributed by atoms with van der Waals surface area (Å²) in [6, 6.07) is 20.9. The third kappa shape index (κ3) is 5.33. The first kappa shape index (κ1) is 20.3. The molecule has 1 fully saturated rings. The molecule has 2 heterocycles. The van der Waals surface area contributed by atoms with Crippen molar-refractivity contribution in [1.29, 1.82) is 0 Å². The van der Waals surface area contributed by atoms with Gasteiger partial charge in [-0.2, -0.15) is 0 Å². The number of hydrogen-bond acceptors (Lipinski definition) is 5. The van der Waals surface area contributed by atoms with Crippen molar-refractivity contribution in [3.8, 4) is 5.75 Å². The van der Waals surface area contributed by atoms with E-state index in [0.29, 0.717) is 6.61 Å². The molecule has 4 rings (SSSR count). The van der Waals surface area contributed by atoms with Crippen molar-refractivity contribution >= 4 is 28.6 Å². The molecule has 0 atom stereocenters. The number of hydrogen-bond donors (Lipinski definition) is 1. The van der Waals surface area contributed by atoms with Gasteiger partial charge in [0.25, 0.3) is 0 Å². The van der Waals surface area contributed by atoms with Crippen LogP contribution in [-0.2, 0) is 17.9 Å². The van der Waals surface area contributed by atoms with Gasteiger partial charge in [-0.25, -0.2) is 0 Å². The van der Waals surface area contributed by atoms with Gasteiger partial charge in [0.1, 0.15) is 12.4 Å². The van der Waals surface area contributed by atoms with Gasteiger partial charge in [-0.3, -0.25) is 4.79 Å². The highest BCUT2D eigenvalue weighted by molar-refractivity contribution is 7.09. The minimum Gasteiger partial charge on any atom is -0.488 e. The molecule has 1 aromatic heterocycles. The fourth-order valence-corrected chi connectivity index (χ4v) is 4.14. The molecule has 156 valence electrons. The number of nitrogens with zero attached hydrogens (tertiary/aromatic N) is 2. The number of nitrogens with one attached hydrogen (secondary N) is 1. The van der Waals surface area contributed by atoms with Crippen LogP contribution < -0.4 is 15.0 Å². The van der Waals surface area contributed by atoms with Gasteiger partial charge in [0.15, 0.2) is 0 Å². The summed E-state index contributed by atoms with van der Waals surface area (Å²) in [5.41, 5.74) is 3.51. The highest BCUT2D eigenvalue weighted by Gasteiger charge is 2.18. The summed E-state index contributed by atoms with van der Waals surface area (Å²) in [6.07, 6.45) is 0. The van der Waals surface area contributed by atoms with Crippen LogP contribution in [0.3, 0.4) is 0 Å². The van der Waals surface area contributed by atoms with Gasteiger partial charge in [-0.1, -0.05) is 18.2 Å². The third-order valence-electron chi connectivity index (χ3n) is 5.34. The maximum absolute atomic E-state index is 11.5. The van der Waals surface area contributed by atoms with Crippen LogP contribution in [0.5, 0.6) is 5.75 Å². The number of carbonyl (C=O) groups excluding carboxylic acids is 1. The van der Waals surface area contributed by atoms with E-state index in [9.17, 15) is 4.79 Å². The Hall–Kier alpha value is -2.99. The Bertz CT molecular complexity index is 932. The van der Waals surface area contributed by atoms with E-state index in [2.05, 4.69) is 58.1 Å². The lowest BCUT2D eigenvalue weighted by molar-refractivity contribution is -0.129. The van der Waals surface area contributed by atoms with Gasteiger partial charge >= 0.3 is 0 Å². The Balaban J connectivity index is 1.24. The summed E-state index contributed by atoms with van der Waals surface area (Å²) in [4.78, 5) is 16.9. The fourth-order valence-electron chi connectivity index (χ4n) is 3.53. The van der Waals surface area contributed by atoms with E-state index < -0.39 is 0 Å². The first-order valence-electron chi connectivity index (χ1n) is 10.3. The van der Waals surface area contributed by atoms with E-state index in [-0.39, 0.29) is 5.91 Å². The summed E-state index contributed by atoms with van der Waals surface area (Å²) in [7, 11) is 0. The molecule has 1 aliphatic heterocycles. The van der Waals surface area contributed by atoms with E-state index in [1.807, 2.05) is 23.1 Å². The average molecular weight is 422 g/mol. The van der Waals surface area contributed by atoms with Crippen molar-refractivity contribution in [1.82, 2.24) is 4.90 Å². The molecule has 0 aliphatic carbocycles. The first-order chi connectivity index (χ1) is 14.7. The van der Waals surface area contributed by atoms with Crippen LogP contribution in [0.2, 0.25) is 0 Å². The Labute approximate surface area is 181 Å². The molecule has 1 N–H and O–H groups in total. The maximum Gasteiger partial charge on any atom is 0.219 e. The van der Waals surface area contributed by atoms with Crippen molar-refractivity contribution < 1.29 is 9.53 Å². The van der Waals surface area contributed by atoms with Gasteiger partial charge in [0.05, 0.1) is 0 Å². The molecule has 0 saturated carbocycles. The van der Waals surface area contributed by atoms with Gasteiger partial charge < -0.3 is 19.9 Å². The lowest BCUT2D eigenvalue weighted by atomic mass is 10.2. The number of carbonyl (C=O) groups is 1. The molecule has 0 spiro atoms. The predicted molar refractivity (Wildman–Crippen MR) is 123 cm³/mol. The summed E-state index contributed by atoms with van der Waals surface area (Å²) in [5, 5.41) is 5.54. The molecule has 6 heteroatoms. The zero-order valence-corrected chi connectivity index (χ0v) is 18.0. The Morgan fingerprint density at radius 3 is 2.37 bits per heavy atom. The summed E-state index contributed by atoms with van der Waals surface area (Å²) >= 11 is 1.71. The molecular weight excluding hydrogens is 394 g/mol. The quantitative estimate of drug-likeness (QED) is 0.605. The van der Waals surface area contributed by atoms with E-state index in [0.717, 1.165) is 44.2 Å². The van der Waals surface area contributed by atoms with Crippen molar-refractivity contribution in [2.24, 2.45) is 0 Å². The highest BCUT2D eigenvalue weighted by atomic mass is 32.1. The Morgan fingerprint density at radius 2 is 1.73 bits per heavy atom. The van der Waals surface area contributed by atoms with Crippen LogP contribution in [0, 0.1) is 0 Å². The van der Waals surface area contributed by atoms with Gasteiger partial charge in [-0.15, -0.1) is 11.3 Å².